The van der Waals surface area contributed by atoms with Crippen molar-refractivity contribution in [3.63, 3.8) is 0 Å². The summed E-state index contributed by atoms with van der Waals surface area (Å²) >= 11 is 5.71. The van der Waals surface area contributed by atoms with Gasteiger partial charge in [-0.3, -0.25) is 0 Å². The summed E-state index contributed by atoms with van der Waals surface area (Å²) in [5, 5.41) is 18.6. The van der Waals surface area contributed by atoms with E-state index in [2.05, 4.69) is 0 Å². The van der Waals surface area contributed by atoms with Crippen LogP contribution in [0, 0.1) is 11.3 Å². The van der Waals surface area contributed by atoms with E-state index in [-0.39, 0.29) is 21.1 Å². The molecule has 2 aromatic carbocycles. The Balaban J connectivity index is 2.57. The minimum atomic E-state index is -3.73. The number of nitriles is 1. The first kappa shape index (κ1) is 13.4. The molecule has 19 heavy (non-hydrogen) atoms. The van der Waals surface area contributed by atoms with Crippen LogP contribution in [0.1, 0.15) is 5.56 Å². The Morgan fingerprint density at radius 3 is 2.21 bits per heavy atom. The van der Waals surface area contributed by atoms with Gasteiger partial charge in [0.2, 0.25) is 9.84 Å². The van der Waals surface area contributed by atoms with Crippen molar-refractivity contribution in [2.24, 2.45) is 0 Å². The number of sulfone groups is 1. The summed E-state index contributed by atoms with van der Waals surface area (Å²) < 4.78 is 24.6. The third-order valence-electron chi connectivity index (χ3n) is 2.52. The molecule has 96 valence electrons. The van der Waals surface area contributed by atoms with E-state index in [9.17, 15) is 13.5 Å². The van der Waals surface area contributed by atoms with Crippen LogP contribution in [0.5, 0.6) is 5.75 Å². The second kappa shape index (κ2) is 4.92. The Morgan fingerprint density at radius 1 is 1.05 bits per heavy atom. The molecule has 0 aliphatic heterocycles. The highest BCUT2D eigenvalue weighted by Gasteiger charge is 2.18. The minimum Gasteiger partial charge on any atom is -0.507 e. The van der Waals surface area contributed by atoms with Gasteiger partial charge in [0.05, 0.1) is 15.4 Å². The van der Waals surface area contributed by atoms with E-state index in [1.165, 1.54) is 36.4 Å². The van der Waals surface area contributed by atoms with Crippen molar-refractivity contribution in [1.82, 2.24) is 0 Å². The number of nitrogens with zero attached hydrogens (tertiary/aromatic N) is 1. The number of aromatic hydroxyl groups is 1. The van der Waals surface area contributed by atoms with Crippen LogP contribution in [0.25, 0.3) is 0 Å². The van der Waals surface area contributed by atoms with Gasteiger partial charge in [-0.15, -0.1) is 0 Å². The molecule has 0 aliphatic rings. The highest BCUT2D eigenvalue weighted by molar-refractivity contribution is 7.91. The molecule has 4 nitrogen and oxygen atoms in total. The summed E-state index contributed by atoms with van der Waals surface area (Å²) in [7, 11) is -3.73. The molecule has 0 aliphatic carbocycles. The Bertz CT molecular complexity index is 761. The van der Waals surface area contributed by atoms with Crippen LogP contribution in [0.15, 0.2) is 52.3 Å². The quantitative estimate of drug-likeness (QED) is 0.923. The van der Waals surface area contributed by atoms with Crippen molar-refractivity contribution in [2.45, 2.75) is 9.79 Å². The largest absolute Gasteiger partial charge is 0.507 e. The minimum absolute atomic E-state index is 0.0517. The SMILES string of the molecule is N#Cc1cc(S(=O)(=O)c2ccc(Cl)cc2)ccc1O. The van der Waals surface area contributed by atoms with Gasteiger partial charge in [0.15, 0.2) is 0 Å². The van der Waals surface area contributed by atoms with E-state index < -0.39 is 9.84 Å². The molecule has 0 aromatic heterocycles. The zero-order valence-corrected chi connectivity index (χ0v) is 11.1. The molecule has 1 N–H and O–H groups in total. The lowest BCUT2D eigenvalue weighted by Gasteiger charge is -2.05. The van der Waals surface area contributed by atoms with Gasteiger partial charge in [-0.25, -0.2) is 8.42 Å². The molecule has 0 radical (unpaired) electrons. The Labute approximate surface area is 115 Å². The summed E-state index contributed by atoms with van der Waals surface area (Å²) in [5.41, 5.74) is -0.0879. The summed E-state index contributed by atoms with van der Waals surface area (Å²) in [6, 6.07) is 11.0. The van der Waals surface area contributed by atoms with Crippen molar-refractivity contribution in [3.8, 4) is 11.8 Å². The maximum atomic E-state index is 12.3. The van der Waals surface area contributed by atoms with Crippen LogP contribution in [0.3, 0.4) is 0 Å². The molecule has 0 bridgehead atoms. The van der Waals surface area contributed by atoms with Gasteiger partial charge in [0.25, 0.3) is 0 Å². The Hall–Kier alpha value is -2.03. The van der Waals surface area contributed by atoms with Crippen molar-refractivity contribution < 1.29 is 13.5 Å². The van der Waals surface area contributed by atoms with Crippen molar-refractivity contribution in [2.75, 3.05) is 0 Å². The summed E-state index contributed by atoms with van der Waals surface area (Å²) in [4.78, 5) is 0.0238. The Kier molecular flexibility index (Phi) is 3.47. The van der Waals surface area contributed by atoms with Gasteiger partial charge < -0.3 is 5.11 Å². The number of benzene rings is 2. The zero-order chi connectivity index (χ0) is 14.0. The second-order valence-electron chi connectivity index (χ2n) is 3.75. The highest BCUT2D eigenvalue weighted by atomic mass is 35.5. The lowest BCUT2D eigenvalue weighted by Crippen LogP contribution is -2.02. The predicted molar refractivity (Wildman–Crippen MR) is 69.7 cm³/mol. The Morgan fingerprint density at radius 2 is 1.63 bits per heavy atom. The number of halogens is 1. The van der Waals surface area contributed by atoms with Crippen molar-refractivity contribution >= 4 is 21.4 Å². The van der Waals surface area contributed by atoms with Crippen LogP contribution in [-0.2, 0) is 9.84 Å². The molecule has 0 saturated heterocycles. The molecule has 0 unspecified atom stereocenters. The summed E-state index contributed by atoms with van der Waals surface area (Å²) in [6.45, 7) is 0. The van der Waals surface area contributed by atoms with E-state index in [4.69, 9.17) is 16.9 Å². The third-order valence-corrected chi connectivity index (χ3v) is 4.54. The highest BCUT2D eigenvalue weighted by Crippen LogP contribution is 2.26. The predicted octanol–water partition coefficient (Wildman–Crippen LogP) is 2.75. The summed E-state index contributed by atoms with van der Waals surface area (Å²) in [6.07, 6.45) is 0. The van der Waals surface area contributed by atoms with E-state index in [0.29, 0.717) is 5.02 Å². The van der Waals surface area contributed by atoms with Crippen molar-refractivity contribution in [1.29, 1.82) is 5.26 Å². The lowest BCUT2D eigenvalue weighted by atomic mass is 10.2. The van der Waals surface area contributed by atoms with E-state index >= 15 is 0 Å². The maximum Gasteiger partial charge on any atom is 0.206 e. The first-order valence-corrected chi connectivity index (χ1v) is 7.05. The van der Waals surface area contributed by atoms with Gasteiger partial charge in [-0.2, -0.15) is 5.26 Å². The third kappa shape index (κ3) is 2.55. The van der Waals surface area contributed by atoms with Gasteiger partial charge >= 0.3 is 0 Å². The molecule has 0 spiro atoms. The van der Waals surface area contributed by atoms with Gasteiger partial charge in [-0.1, -0.05) is 11.6 Å². The van der Waals surface area contributed by atoms with Crippen molar-refractivity contribution in [3.05, 3.63) is 53.1 Å². The first-order chi connectivity index (χ1) is 8.95. The fraction of sp³-hybridized carbons (Fsp3) is 0. The standard InChI is InChI=1S/C13H8ClNO3S/c14-10-1-3-11(4-2-10)19(17,18)12-5-6-13(16)9(7-12)8-15/h1-7,16H. The monoisotopic (exact) mass is 293 g/mol. The molecule has 0 atom stereocenters. The molecular weight excluding hydrogens is 286 g/mol. The van der Waals surface area contributed by atoms with Gasteiger partial charge in [0.1, 0.15) is 11.8 Å². The molecule has 2 aromatic rings. The lowest BCUT2D eigenvalue weighted by molar-refractivity contribution is 0.473. The molecule has 0 saturated carbocycles. The topological polar surface area (TPSA) is 78.2 Å². The van der Waals surface area contributed by atoms with Crippen LogP contribution in [-0.4, -0.2) is 13.5 Å². The molecule has 0 heterocycles. The number of phenolic OH excluding ortho intramolecular Hbond substituents is 1. The smallest absolute Gasteiger partial charge is 0.206 e. The molecule has 0 fully saturated rings. The second-order valence-corrected chi connectivity index (χ2v) is 6.13. The fourth-order valence-electron chi connectivity index (χ4n) is 1.52. The molecule has 0 amide bonds. The van der Waals surface area contributed by atoms with Gasteiger partial charge in [-0.05, 0) is 42.5 Å². The maximum absolute atomic E-state index is 12.3. The summed E-state index contributed by atoms with van der Waals surface area (Å²) in [5.74, 6) is -0.252. The van der Waals surface area contributed by atoms with Crippen LogP contribution in [0.2, 0.25) is 5.02 Å². The van der Waals surface area contributed by atoms with Crippen LogP contribution < -0.4 is 0 Å². The first-order valence-electron chi connectivity index (χ1n) is 5.19. The zero-order valence-electron chi connectivity index (χ0n) is 9.54. The van der Waals surface area contributed by atoms with E-state index in [1.807, 2.05) is 0 Å². The molecule has 6 heteroatoms. The van der Waals surface area contributed by atoms with Gasteiger partial charge in [0, 0.05) is 5.02 Å². The van der Waals surface area contributed by atoms with Crippen LogP contribution in [0.4, 0.5) is 0 Å². The van der Waals surface area contributed by atoms with E-state index in [0.717, 1.165) is 6.07 Å². The molecule has 2 rings (SSSR count). The molecular formula is C13H8ClNO3S. The van der Waals surface area contributed by atoms with Crippen LogP contribution >= 0.6 is 11.6 Å². The number of rotatable bonds is 2. The average Bonchev–Trinajstić information content (AvgIpc) is 2.39. The van der Waals surface area contributed by atoms with E-state index in [1.54, 1.807) is 6.07 Å². The fourth-order valence-corrected chi connectivity index (χ4v) is 2.93. The number of hydrogen-bond donors (Lipinski definition) is 1. The number of phenols is 1. The number of hydrogen-bond acceptors (Lipinski definition) is 4. The average molecular weight is 294 g/mol. The normalized spacial score (nSPS) is 10.9.